The molecule has 0 aliphatic heterocycles. The normalized spacial score (nSPS) is 13.2. The van der Waals surface area contributed by atoms with Gasteiger partial charge >= 0.3 is 0 Å². The number of hydrogen-bond donors (Lipinski definition) is 3. The number of phenols is 1. The van der Waals surface area contributed by atoms with Crippen LogP contribution < -0.4 is 19.5 Å². The molecule has 0 amide bonds. The zero-order valence-corrected chi connectivity index (χ0v) is 18.7. The average molecular weight is 418 g/mol. The Morgan fingerprint density at radius 3 is 2.23 bits per heavy atom. The van der Waals surface area contributed by atoms with Crippen molar-refractivity contribution in [2.24, 2.45) is 5.92 Å². The predicted octanol–water partition coefficient (Wildman–Crippen LogP) is 3.87. The van der Waals surface area contributed by atoms with Crippen LogP contribution in [0.1, 0.15) is 37.8 Å². The average Bonchev–Trinajstić information content (AvgIpc) is 2.76. The second-order valence-corrected chi connectivity index (χ2v) is 7.76. The largest absolute Gasteiger partial charge is 0.504 e. The Balaban J connectivity index is 1.89. The molecule has 0 heterocycles. The van der Waals surface area contributed by atoms with E-state index >= 15 is 0 Å². The molecule has 0 spiro atoms. The number of rotatable bonds is 12. The summed E-state index contributed by atoms with van der Waals surface area (Å²) in [4.78, 5) is 0. The lowest BCUT2D eigenvalue weighted by molar-refractivity contribution is -0.0202. The molecule has 0 aliphatic rings. The number of aliphatic hydroxyl groups is 1. The van der Waals surface area contributed by atoms with Crippen molar-refractivity contribution in [3.63, 3.8) is 0 Å². The summed E-state index contributed by atoms with van der Waals surface area (Å²) in [6.07, 6.45) is 2.31. The monoisotopic (exact) mass is 417 g/mol. The van der Waals surface area contributed by atoms with E-state index in [0.717, 1.165) is 37.1 Å². The highest BCUT2D eigenvalue weighted by Crippen LogP contribution is 2.38. The number of methoxy groups -OCH3 is 3. The molecule has 166 valence electrons. The molecule has 3 N–H and O–H groups in total. The molecule has 0 bridgehead atoms. The Labute approximate surface area is 179 Å². The second-order valence-electron chi connectivity index (χ2n) is 7.76. The van der Waals surface area contributed by atoms with Crippen LogP contribution in [0.15, 0.2) is 36.4 Å². The summed E-state index contributed by atoms with van der Waals surface area (Å²) in [6.45, 7) is 5.67. The summed E-state index contributed by atoms with van der Waals surface area (Å²) in [7, 11) is 4.75. The molecule has 6 nitrogen and oxygen atoms in total. The molecular formula is C24H35NO5. The summed E-state index contributed by atoms with van der Waals surface area (Å²) < 4.78 is 15.9. The quantitative estimate of drug-likeness (QED) is 0.455. The minimum atomic E-state index is -0.939. The van der Waals surface area contributed by atoms with Crippen LogP contribution in [0.3, 0.4) is 0 Å². The Morgan fingerprint density at radius 2 is 1.60 bits per heavy atom. The van der Waals surface area contributed by atoms with E-state index in [-0.39, 0.29) is 11.7 Å². The molecule has 0 aliphatic carbocycles. The van der Waals surface area contributed by atoms with Crippen molar-refractivity contribution in [3.05, 3.63) is 47.5 Å². The number of hydrogen-bond acceptors (Lipinski definition) is 6. The SMILES string of the molecule is COc1cc(CCNCCCC(O)(c2ccc(OC)c(OC)c2)C(C)C)ccc1O. The highest BCUT2D eigenvalue weighted by Gasteiger charge is 2.33. The summed E-state index contributed by atoms with van der Waals surface area (Å²) >= 11 is 0. The van der Waals surface area contributed by atoms with Crippen molar-refractivity contribution in [1.29, 1.82) is 0 Å². The Bertz CT molecular complexity index is 808. The van der Waals surface area contributed by atoms with Gasteiger partial charge in [-0.1, -0.05) is 26.0 Å². The van der Waals surface area contributed by atoms with E-state index in [1.54, 1.807) is 27.4 Å². The Kier molecular flexibility index (Phi) is 8.81. The van der Waals surface area contributed by atoms with E-state index in [2.05, 4.69) is 5.32 Å². The van der Waals surface area contributed by atoms with Gasteiger partial charge in [0.05, 0.1) is 26.9 Å². The Morgan fingerprint density at radius 1 is 0.900 bits per heavy atom. The minimum absolute atomic E-state index is 0.0556. The van der Waals surface area contributed by atoms with Crippen molar-refractivity contribution < 1.29 is 24.4 Å². The molecule has 6 heteroatoms. The van der Waals surface area contributed by atoms with Crippen molar-refractivity contribution >= 4 is 0 Å². The topological polar surface area (TPSA) is 80.2 Å². The first-order valence-electron chi connectivity index (χ1n) is 10.4. The van der Waals surface area contributed by atoms with Crippen LogP contribution >= 0.6 is 0 Å². The highest BCUT2D eigenvalue weighted by molar-refractivity contribution is 5.45. The lowest BCUT2D eigenvalue weighted by Gasteiger charge is -2.33. The molecule has 2 rings (SSSR count). The van der Waals surface area contributed by atoms with Gasteiger partial charge in [-0.3, -0.25) is 0 Å². The van der Waals surface area contributed by atoms with E-state index < -0.39 is 5.60 Å². The summed E-state index contributed by atoms with van der Waals surface area (Å²) in [5.74, 6) is 1.97. The molecule has 30 heavy (non-hydrogen) atoms. The lowest BCUT2D eigenvalue weighted by Crippen LogP contribution is -2.33. The van der Waals surface area contributed by atoms with Crippen LogP contribution in [0, 0.1) is 5.92 Å². The van der Waals surface area contributed by atoms with Gasteiger partial charge < -0.3 is 29.7 Å². The van der Waals surface area contributed by atoms with Gasteiger partial charge in [0.15, 0.2) is 23.0 Å². The van der Waals surface area contributed by atoms with Crippen LogP contribution in [-0.2, 0) is 12.0 Å². The van der Waals surface area contributed by atoms with Gasteiger partial charge in [0.25, 0.3) is 0 Å². The Hall–Kier alpha value is -2.44. The molecule has 0 radical (unpaired) electrons. The van der Waals surface area contributed by atoms with Crippen LogP contribution in [0.25, 0.3) is 0 Å². The maximum Gasteiger partial charge on any atom is 0.161 e. The first kappa shape index (κ1) is 23.8. The standard InChI is InChI=1S/C24H35NO5/c1-17(2)24(27,19-8-10-21(28-3)23(16-19)30-5)12-6-13-25-14-11-18-7-9-20(26)22(15-18)29-4/h7-10,15-17,25-27H,6,11-14H2,1-5H3. The predicted molar refractivity (Wildman–Crippen MR) is 119 cm³/mol. The third-order valence-electron chi connectivity index (χ3n) is 5.58. The lowest BCUT2D eigenvalue weighted by atomic mass is 9.79. The van der Waals surface area contributed by atoms with Gasteiger partial charge in [-0.25, -0.2) is 0 Å². The maximum atomic E-state index is 11.4. The third-order valence-corrected chi connectivity index (χ3v) is 5.58. The summed E-state index contributed by atoms with van der Waals surface area (Å²) in [6, 6.07) is 11.0. The van der Waals surface area contributed by atoms with E-state index in [0.29, 0.717) is 23.7 Å². The van der Waals surface area contributed by atoms with Gasteiger partial charge in [-0.15, -0.1) is 0 Å². The van der Waals surface area contributed by atoms with Crippen molar-refractivity contribution in [2.75, 3.05) is 34.4 Å². The summed E-state index contributed by atoms with van der Waals surface area (Å²) in [5, 5.41) is 24.5. The molecule has 2 aromatic rings. The van der Waals surface area contributed by atoms with Gasteiger partial charge in [0, 0.05) is 0 Å². The molecule has 1 unspecified atom stereocenters. The molecule has 0 aromatic heterocycles. The van der Waals surface area contributed by atoms with Crippen molar-refractivity contribution in [1.82, 2.24) is 5.32 Å². The fraction of sp³-hybridized carbons (Fsp3) is 0.500. The van der Waals surface area contributed by atoms with E-state index in [4.69, 9.17) is 14.2 Å². The molecule has 0 fully saturated rings. The zero-order chi connectivity index (χ0) is 22.1. The first-order valence-corrected chi connectivity index (χ1v) is 10.4. The third kappa shape index (κ3) is 5.80. The van der Waals surface area contributed by atoms with Crippen LogP contribution in [0.2, 0.25) is 0 Å². The number of ether oxygens (including phenoxy) is 3. The number of aromatic hydroxyl groups is 1. The second kappa shape index (κ2) is 11.1. The molecule has 0 saturated carbocycles. The van der Waals surface area contributed by atoms with E-state index in [1.165, 1.54) is 0 Å². The maximum absolute atomic E-state index is 11.4. The van der Waals surface area contributed by atoms with Crippen molar-refractivity contribution in [2.45, 2.75) is 38.7 Å². The molecule has 2 aromatic carbocycles. The number of phenolic OH excluding ortho intramolecular Hbond substituents is 1. The fourth-order valence-electron chi connectivity index (χ4n) is 3.59. The molecular weight excluding hydrogens is 382 g/mol. The number of nitrogens with one attached hydrogen (secondary N) is 1. The number of benzene rings is 2. The van der Waals surface area contributed by atoms with Gasteiger partial charge in [-0.2, -0.15) is 0 Å². The van der Waals surface area contributed by atoms with Crippen LogP contribution in [0.5, 0.6) is 23.0 Å². The molecule has 0 saturated heterocycles. The zero-order valence-electron chi connectivity index (χ0n) is 18.7. The van der Waals surface area contributed by atoms with Gasteiger partial charge in [0.2, 0.25) is 0 Å². The molecule has 1 atom stereocenters. The van der Waals surface area contributed by atoms with E-state index in [1.807, 2.05) is 44.2 Å². The summed E-state index contributed by atoms with van der Waals surface area (Å²) in [5.41, 5.74) is 0.999. The minimum Gasteiger partial charge on any atom is -0.504 e. The smallest absolute Gasteiger partial charge is 0.161 e. The first-order chi connectivity index (χ1) is 14.3. The van der Waals surface area contributed by atoms with Crippen LogP contribution in [0.4, 0.5) is 0 Å². The fourth-order valence-corrected chi connectivity index (χ4v) is 3.59. The van der Waals surface area contributed by atoms with Gasteiger partial charge in [-0.05, 0) is 73.7 Å². The van der Waals surface area contributed by atoms with Crippen LogP contribution in [-0.4, -0.2) is 44.6 Å². The highest BCUT2D eigenvalue weighted by atomic mass is 16.5. The van der Waals surface area contributed by atoms with Crippen molar-refractivity contribution in [3.8, 4) is 23.0 Å². The van der Waals surface area contributed by atoms with Gasteiger partial charge in [0.1, 0.15) is 0 Å². The van der Waals surface area contributed by atoms with E-state index in [9.17, 15) is 10.2 Å².